The first-order valence-electron chi connectivity index (χ1n) is 9.05. The summed E-state index contributed by atoms with van der Waals surface area (Å²) in [5.41, 5.74) is 2.26. The molecule has 1 saturated heterocycles. The van der Waals surface area contributed by atoms with Gasteiger partial charge in [0.15, 0.2) is 11.3 Å². The molecule has 1 amide bonds. The Balaban J connectivity index is 1.43. The van der Waals surface area contributed by atoms with E-state index in [1.54, 1.807) is 18.6 Å². The Kier molecular flexibility index (Phi) is 4.66. The van der Waals surface area contributed by atoms with Crippen LogP contribution in [0.5, 0.6) is 0 Å². The van der Waals surface area contributed by atoms with E-state index in [-0.39, 0.29) is 5.91 Å². The molecule has 1 fully saturated rings. The average Bonchev–Trinajstić information content (AvgIpc) is 3.26. The molecule has 1 aliphatic rings. The Bertz CT molecular complexity index is 900. The lowest BCUT2D eigenvalue weighted by atomic mass is 10.3. The summed E-state index contributed by atoms with van der Waals surface area (Å²) >= 11 is 0. The van der Waals surface area contributed by atoms with E-state index >= 15 is 0 Å². The number of carbonyl (C=O) groups is 1. The van der Waals surface area contributed by atoms with Gasteiger partial charge in [-0.25, -0.2) is 9.97 Å². The van der Waals surface area contributed by atoms with Gasteiger partial charge in [-0.2, -0.15) is 5.10 Å². The summed E-state index contributed by atoms with van der Waals surface area (Å²) in [6.07, 6.45) is 11.9. The molecule has 0 aliphatic carbocycles. The summed E-state index contributed by atoms with van der Waals surface area (Å²) < 4.78 is 3.77. The molecule has 4 heterocycles. The summed E-state index contributed by atoms with van der Waals surface area (Å²) in [5.74, 6) is -0.0394. The Morgan fingerprint density at radius 1 is 1.12 bits per heavy atom. The smallest absolute Gasteiger partial charge is 0.276 e. The molecule has 4 rings (SSSR count). The Hall–Kier alpha value is -2.74. The zero-order chi connectivity index (χ0) is 17.9. The molecule has 0 radical (unpaired) electrons. The van der Waals surface area contributed by atoms with Crippen LogP contribution in [0.2, 0.25) is 0 Å². The van der Waals surface area contributed by atoms with Crippen molar-refractivity contribution in [3.8, 4) is 0 Å². The van der Waals surface area contributed by atoms with E-state index in [2.05, 4.69) is 33.1 Å². The molecule has 0 spiro atoms. The van der Waals surface area contributed by atoms with Crippen molar-refractivity contribution >= 4 is 11.6 Å². The van der Waals surface area contributed by atoms with E-state index in [9.17, 15) is 4.79 Å². The van der Waals surface area contributed by atoms with Crippen molar-refractivity contribution in [2.45, 2.75) is 26.4 Å². The van der Waals surface area contributed by atoms with Gasteiger partial charge in [0.2, 0.25) is 0 Å². The van der Waals surface area contributed by atoms with Gasteiger partial charge < -0.3 is 9.30 Å². The summed E-state index contributed by atoms with van der Waals surface area (Å²) in [5, 5.41) is 4.34. The second-order valence-electron chi connectivity index (χ2n) is 6.56. The van der Waals surface area contributed by atoms with Crippen LogP contribution >= 0.6 is 0 Å². The van der Waals surface area contributed by atoms with E-state index in [4.69, 9.17) is 0 Å². The van der Waals surface area contributed by atoms with Crippen LogP contribution in [0.15, 0.2) is 37.2 Å². The fourth-order valence-corrected chi connectivity index (χ4v) is 3.41. The number of amides is 1. The molecule has 8 heteroatoms. The van der Waals surface area contributed by atoms with Gasteiger partial charge in [0, 0.05) is 75.8 Å². The van der Waals surface area contributed by atoms with Crippen molar-refractivity contribution in [2.24, 2.45) is 0 Å². The molecule has 0 unspecified atom stereocenters. The highest BCUT2D eigenvalue weighted by Crippen LogP contribution is 2.13. The number of nitrogens with zero attached hydrogens (tertiary/aromatic N) is 7. The highest BCUT2D eigenvalue weighted by atomic mass is 16.2. The fourth-order valence-electron chi connectivity index (χ4n) is 3.41. The van der Waals surface area contributed by atoms with E-state index in [0.717, 1.165) is 39.1 Å². The van der Waals surface area contributed by atoms with Crippen LogP contribution in [-0.2, 0) is 13.1 Å². The van der Waals surface area contributed by atoms with Crippen LogP contribution in [0.3, 0.4) is 0 Å². The maximum absolute atomic E-state index is 12.9. The molecule has 0 N–H and O–H groups in total. The molecule has 136 valence electrons. The molecule has 0 bridgehead atoms. The summed E-state index contributed by atoms with van der Waals surface area (Å²) in [6, 6.07) is 0. The van der Waals surface area contributed by atoms with Gasteiger partial charge in [-0.05, 0) is 13.3 Å². The van der Waals surface area contributed by atoms with Gasteiger partial charge in [-0.1, -0.05) is 0 Å². The van der Waals surface area contributed by atoms with Gasteiger partial charge >= 0.3 is 0 Å². The minimum Gasteiger partial charge on any atom is -0.336 e. The summed E-state index contributed by atoms with van der Waals surface area (Å²) in [4.78, 5) is 25.8. The predicted octanol–water partition coefficient (Wildman–Crippen LogP) is 1.29. The minimum atomic E-state index is -0.0394. The van der Waals surface area contributed by atoms with Crippen LogP contribution in [0, 0.1) is 0 Å². The molecule has 8 nitrogen and oxygen atoms in total. The zero-order valence-corrected chi connectivity index (χ0v) is 15.0. The second-order valence-corrected chi connectivity index (χ2v) is 6.56. The van der Waals surface area contributed by atoms with Crippen LogP contribution in [0.4, 0.5) is 0 Å². The highest BCUT2D eigenvalue weighted by molar-refractivity contribution is 5.97. The van der Waals surface area contributed by atoms with Crippen molar-refractivity contribution < 1.29 is 4.79 Å². The molecule has 0 saturated carbocycles. The third-order valence-corrected chi connectivity index (χ3v) is 4.81. The van der Waals surface area contributed by atoms with Crippen LogP contribution in [0.1, 0.15) is 29.4 Å². The molecule has 3 aromatic rings. The van der Waals surface area contributed by atoms with Gasteiger partial charge in [-0.3, -0.25) is 14.4 Å². The molecular formula is C18H23N7O. The molecule has 1 aliphatic heterocycles. The third kappa shape index (κ3) is 3.32. The average molecular weight is 353 g/mol. The Labute approximate surface area is 152 Å². The Morgan fingerprint density at radius 2 is 1.96 bits per heavy atom. The highest BCUT2D eigenvalue weighted by Gasteiger charge is 2.23. The van der Waals surface area contributed by atoms with E-state index in [0.29, 0.717) is 17.9 Å². The van der Waals surface area contributed by atoms with E-state index in [1.807, 2.05) is 26.4 Å². The van der Waals surface area contributed by atoms with Crippen molar-refractivity contribution in [1.29, 1.82) is 0 Å². The molecule has 0 aromatic carbocycles. The zero-order valence-electron chi connectivity index (χ0n) is 15.0. The Morgan fingerprint density at radius 3 is 2.77 bits per heavy atom. The van der Waals surface area contributed by atoms with Crippen LogP contribution in [-0.4, -0.2) is 66.0 Å². The SMILES string of the molecule is CCn1cc(CN2CCCN(C(=O)c3nccn4ccnc34)CC2)cn1. The topological polar surface area (TPSA) is 71.6 Å². The number of hydrogen-bond acceptors (Lipinski definition) is 5. The number of carbonyl (C=O) groups excluding carboxylic acids is 1. The largest absolute Gasteiger partial charge is 0.336 e. The van der Waals surface area contributed by atoms with Gasteiger partial charge in [0.1, 0.15) is 0 Å². The number of rotatable bonds is 4. The van der Waals surface area contributed by atoms with Crippen molar-refractivity contribution in [1.82, 2.24) is 33.9 Å². The lowest BCUT2D eigenvalue weighted by molar-refractivity contribution is 0.0756. The molecule has 3 aromatic heterocycles. The lowest BCUT2D eigenvalue weighted by Crippen LogP contribution is -2.35. The standard InChI is InChI=1S/C18H23N7O/c1-2-25-14-15(12-21-25)13-22-6-3-7-24(11-10-22)18(26)16-17-20-5-9-23(17)8-4-19-16/h4-5,8-9,12,14H,2-3,6-7,10-11,13H2,1H3. The minimum absolute atomic E-state index is 0.0394. The summed E-state index contributed by atoms with van der Waals surface area (Å²) in [7, 11) is 0. The predicted molar refractivity (Wildman–Crippen MR) is 96.7 cm³/mol. The normalized spacial score (nSPS) is 16.1. The molecule has 26 heavy (non-hydrogen) atoms. The number of hydrogen-bond donors (Lipinski definition) is 0. The third-order valence-electron chi connectivity index (χ3n) is 4.81. The summed E-state index contributed by atoms with van der Waals surface area (Å²) in [6.45, 7) is 7.10. The number of imidazole rings is 1. The number of fused-ring (bicyclic) bond motifs is 1. The van der Waals surface area contributed by atoms with Gasteiger partial charge in [-0.15, -0.1) is 0 Å². The maximum atomic E-state index is 12.9. The van der Waals surface area contributed by atoms with Crippen molar-refractivity contribution in [2.75, 3.05) is 26.2 Å². The maximum Gasteiger partial charge on any atom is 0.276 e. The first-order chi connectivity index (χ1) is 12.7. The van der Waals surface area contributed by atoms with Gasteiger partial charge in [0.25, 0.3) is 5.91 Å². The second kappa shape index (κ2) is 7.25. The lowest BCUT2D eigenvalue weighted by Gasteiger charge is -2.21. The van der Waals surface area contributed by atoms with Gasteiger partial charge in [0.05, 0.1) is 6.20 Å². The quantitative estimate of drug-likeness (QED) is 0.707. The van der Waals surface area contributed by atoms with Crippen molar-refractivity contribution in [3.63, 3.8) is 0 Å². The molecule has 0 atom stereocenters. The van der Waals surface area contributed by atoms with Crippen molar-refractivity contribution in [3.05, 3.63) is 48.4 Å². The fraction of sp³-hybridized carbons (Fsp3) is 0.444. The first-order valence-corrected chi connectivity index (χ1v) is 9.05. The van der Waals surface area contributed by atoms with E-state index < -0.39 is 0 Å². The molecular weight excluding hydrogens is 330 g/mol. The number of aryl methyl sites for hydroxylation is 1. The van der Waals surface area contributed by atoms with Crippen LogP contribution in [0.25, 0.3) is 5.65 Å². The van der Waals surface area contributed by atoms with E-state index in [1.165, 1.54) is 5.56 Å². The monoisotopic (exact) mass is 353 g/mol. The van der Waals surface area contributed by atoms with Crippen LogP contribution < -0.4 is 0 Å². The number of aromatic nitrogens is 5. The first kappa shape index (κ1) is 16.7.